The summed E-state index contributed by atoms with van der Waals surface area (Å²) in [4.78, 5) is 17.4. The zero-order chi connectivity index (χ0) is 21.6. The van der Waals surface area contributed by atoms with Crippen LogP contribution in [0, 0.1) is 0 Å². The van der Waals surface area contributed by atoms with Gasteiger partial charge in [0.25, 0.3) is 5.91 Å². The highest BCUT2D eigenvalue weighted by Gasteiger charge is 2.34. The summed E-state index contributed by atoms with van der Waals surface area (Å²) in [5, 5.41) is 3.08. The Kier molecular flexibility index (Phi) is 7.86. The molecule has 0 aliphatic heterocycles. The lowest BCUT2D eigenvalue weighted by Crippen LogP contribution is -2.49. The lowest BCUT2D eigenvalue weighted by atomic mass is 9.70. The molecule has 0 unspecified atom stereocenters. The van der Waals surface area contributed by atoms with Crippen LogP contribution in [0.15, 0.2) is 12.1 Å². The number of alkyl halides is 3. The van der Waals surface area contributed by atoms with Crippen LogP contribution in [0.5, 0.6) is 0 Å². The van der Waals surface area contributed by atoms with Crippen LogP contribution in [0.4, 0.5) is 13.2 Å². The highest BCUT2D eigenvalue weighted by molar-refractivity contribution is 6.17. The summed E-state index contributed by atoms with van der Waals surface area (Å²) in [5.41, 5.74) is -0.843. The molecular formula is C23H34BF3N2O. The zero-order valence-electron chi connectivity index (χ0n) is 18.1. The fourth-order valence-corrected chi connectivity index (χ4v) is 4.94. The lowest BCUT2D eigenvalue weighted by Gasteiger charge is -2.31. The monoisotopic (exact) mass is 422 g/mol. The molecule has 2 fully saturated rings. The zero-order valence-corrected chi connectivity index (χ0v) is 18.1. The normalized spacial score (nSPS) is 21.7. The molecule has 0 saturated heterocycles. The largest absolute Gasteiger partial charge is 0.416 e. The molecule has 3 rings (SSSR count). The van der Waals surface area contributed by atoms with E-state index in [2.05, 4.69) is 10.3 Å². The smallest absolute Gasteiger partial charge is 0.353 e. The van der Waals surface area contributed by atoms with E-state index in [9.17, 15) is 18.0 Å². The molecule has 0 bridgehead atoms. The average Bonchev–Trinajstić information content (AvgIpc) is 3.21. The molecule has 1 N–H and O–H groups in total. The molecule has 2 aliphatic rings. The second kappa shape index (κ2) is 10.2. The third kappa shape index (κ3) is 6.48. The van der Waals surface area contributed by atoms with E-state index in [0.717, 1.165) is 76.3 Å². The predicted octanol–water partition coefficient (Wildman–Crippen LogP) is 5.73. The number of nitrogens with one attached hydrogen (secondary N) is 1. The summed E-state index contributed by atoms with van der Waals surface area (Å²) < 4.78 is 40.5. The number of halogens is 3. The van der Waals surface area contributed by atoms with Gasteiger partial charge >= 0.3 is 6.18 Å². The molecule has 0 atom stereocenters. The number of nitrogens with zero attached hydrogens (tertiary/aromatic N) is 1. The maximum absolute atomic E-state index is 13.5. The minimum Gasteiger partial charge on any atom is -0.353 e. The van der Waals surface area contributed by atoms with Gasteiger partial charge in [-0.05, 0) is 37.8 Å². The van der Waals surface area contributed by atoms with Crippen molar-refractivity contribution in [1.82, 2.24) is 10.3 Å². The number of hydrogen-bond acceptors (Lipinski definition) is 2. The van der Waals surface area contributed by atoms with E-state index in [-0.39, 0.29) is 11.6 Å². The van der Waals surface area contributed by atoms with Crippen molar-refractivity contribution < 1.29 is 18.0 Å². The van der Waals surface area contributed by atoms with Gasteiger partial charge in [0.1, 0.15) is 13.5 Å². The molecule has 30 heavy (non-hydrogen) atoms. The Labute approximate surface area is 179 Å². The minimum atomic E-state index is -4.48. The van der Waals surface area contributed by atoms with Crippen molar-refractivity contribution in [2.24, 2.45) is 0 Å². The Morgan fingerprint density at radius 2 is 1.47 bits per heavy atom. The van der Waals surface area contributed by atoms with Gasteiger partial charge in [0, 0.05) is 17.1 Å². The minimum absolute atomic E-state index is 0.0202. The van der Waals surface area contributed by atoms with Crippen molar-refractivity contribution in [3.8, 4) is 0 Å². The number of aromatic nitrogens is 1. The van der Waals surface area contributed by atoms with Crippen LogP contribution < -0.4 is 5.32 Å². The molecule has 1 aromatic heterocycles. The molecule has 2 aliphatic carbocycles. The van der Waals surface area contributed by atoms with Gasteiger partial charge in [-0.2, -0.15) is 13.2 Å². The van der Waals surface area contributed by atoms with Crippen molar-refractivity contribution in [2.45, 2.75) is 107 Å². The number of rotatable bonds is 3. The Hall–Kier alpha value is -1.53. The van der Waals surface area contributed by atoms with E-state index in [1.165, 1.54) is 25.7 Å². The second-order valence-corrected chi connectivity index (χ2v) is 9.49. The van der Waals surface area contributed by atoms with Gasteiger partial charge < -0.3 is 5.32 Å². The van der Waals surface area contributed by atoms with Gasteiger partial charge in [-0.15, -0.1) is 0 Å². The first-order valence-corrected chi connectivity index (χ1v) is 11.7. The molecule has 0 radical (unpaired) electrons. The van der Waals surface area contributed by atoms with Crippen molar-refractivity contribution in [2.75, 3.05) is 0 Å². The molecule has 3 nitrogen and oxygen atoms in total. The first kappa shape index (κ1) is 23.1. The summed E-state index contributed by atoms with van der Waals surface area (Å²) in [6.45, 7) is 0. The van der Waals surface area contributed by atoms with Crippen LogP contribution in [0.25, 0.3) is 0 Å². The quantitative estimate of drug-likeness (QED) is 0.632. The highest BCUT2D eigenvalue weighted by Crippen LogP contribution is 2.37. The highest BCUT2D eigenvalue weighted by atomic mass is 19.4. The molecule has 166 valence electrons. The van der Waals surface area contributed by atoms with Gasteiger partial charge in [-0.3, -0.25) is 4.79 Å². The third-order valence-corrected chi connectivity index (χ3v) is 6.80. The van der Waals surface area contributed by atoms with E-state index >= 15 is 0 Å². The lowest BCUT2D eigenvalue weighted by molar-refractivity contribution is -0.137. The van der Waals surface area contributed by atoms with E-state index in [1.807, 2.05) is 7.85 Å². The van der Waals surface area contributed by atoms with Crippen LogP contribution in [-0.4, -0.2) is 24.2 Å². The SMILES string of the molecule is BC1(NC(=O)c2cc(C(F)(F)F)cc(C3CCCC3)n2)CCCCCCCCCC1. The summed E-state index contributed by atoms with van der Waals surface area (Å²) in [6.07, 6.45) is 10.2. The summed E-state index contributed by atoms with van der Waals surface area (Å²) in [5.74, 6) is -0.454. The number of hydrogen-bond donors (Lipinski definition) is 1. The fourth-order valence-electron chi connectivity index (χ4n) is 4.94. The van der Waals surface area contributed by atoms with Crippen molar-refractivity contribution in [1.29, 1.82) is 0 Å². The molecule has 0 spiro atoms. The Morgan fingerprint density at radius 3 is 2.00 bits per heavy atom. The van der Waals surface area contributed by atoms with Gasteiger partial charge in [-0.25, -0.2) is 4.98 Å². The van der Waals surface area contributed by atoms with Crippen LogP contribution in [0.3, 0.4) is 0 Å². The second-order valence-electron chi connectivity index (χ2n) is 9.49. The van der Waals surface area contributed by atoms with E-state index < -0.39 is 23.1 Å². The molecule has 1 amide bonds. The molecular weight excluding hydrogens is 388 g/mol. The van der Waals surface area contributed by atoms with Crippen molar-refractivity contribution >= 4 is 13.8 Å². The van der Waals surface area contributed by atoms with Gasteiger partial charge in [0.2, 0.25) is 0 Å². The Balaban J connectivity index is 1.80. The summed E-state index contributed by atoms with van der Waals surface area (Å²) in [7, 11) is 2.04. The Bertz CT molecular complexity index is 705. The van der Waals surface area contributed by atoms with E-state index in [4.69, 9.17) is 0 Å². The summed E-state index contributed by atoms with van der Waals surface area (Å²) in [6, 6.07) is 2.06. The molecule has 1 aromatic rings. The standard InChI is InChI=1S/C23H34BF3N2O/c24-22(13-9-5-3-1-2-4-6-10-14-22)29-21(30)20-16-18(23(25,26)27)15-19(28-20)17-11-7-8-12-17/h15-17H,1-14,24H2,(H,29,30). The average molecular weight is 422 g/mol. The number of amides is 1. The third-order valence-electron chi connectivity index (χ3n) is 6.80. The van der Waals surface area contributed by atoms with Gasteiger partial charge in [0.05, 0.1) is 5.56 Å². The number of carbonyl (C=O) groups is 1. The maximum Gasteiger partial charge on any atom is 0.416 e. The maximum atomic E-state index is 13.5. The molecule has 7 heteroatoms. The summed E-state index contributed by atoms with van der Waals surface area (Å²) >= 11 is 0. The topological polar surface area (TPSA) is 42.0 Å². The van der Waals surface area contributed by atoms with Crippen molar-refractivity contribution in [3.63, 3.8) is 0 Å². The predicted molar refractivity (Wildman–Crippen MR) is 115 cm³/mol. The molecule has 2 saturated carbocycles. The van der Waals surface area contributed by atoms with Crippen LogP contribution in [0.2, 0.25) is 0 Å². The van der Waals surface area contributed by atoms with Crippen LogP contribution in [0.1, 0.15) is 118 Å². The number of pyridine rings is 1. The van der Waals surface area contributed by atoms with Crippen LogP contribution in [-0.2, 0) is 6.18 Å². The van der Waals surface area contributed by atoms with Gasteiger partial charge in [0.15, 0.2) is 0 Å². The van der Waals surface area contributed by atoms with Crippen molar-refractivity contribution in [3.05, 3.63) is 29.1 Å². The van der Waals surface area contributed by atoms with Gasteiger partial charge in [-0.1, -0.05) is 64.2 Å². The van der Waals surface area contributed by atoms with E-state index in [0.29, 0.717) is 5.69 Å². The Morgan fingerprint density at radius 1 is 0.933 bits per heavy atom. The first-order valence-electron chi connectivity index (χ1n) is 11.7. The molecule has 0 aromatic carbocycles. The van der Waals surface area contributed by atoms with Crippen LogP contribution >= 0.6 is 0 Å². The first-order chi connectivity index (χ1) is 14.3. The fraction of sp³-hybridized carbons (Fsp3) is 0.739. The number of carbonyl (C=O) groups excluding carboxylic acids is 1. The molecule has 1 heterocycles. The van der Waals surface area contributed by atoms with E-state index in [1.54, 1.807) is 0 Å².